The molecule has 1 aromatic heterocycles. The van der Waals surface area contributed by atoms with E-state index in [0.717, 1.165) is 85.8 Å². The molecule has 2 aliphatic rings. The summed E-state index contributed by atoms with van der Waals surface area (Å²) in [6, 6.07) is 22.5. The van der Waals surface area contributed by atoms with Crippen molar-refractivity contribution in [3.05, 3.63) is 94.1 Å². The number of fused-ring (bicyclic) bond motifs is 1. The lowest BCUT2D eigenvalue weighted by atomic mass is 9.97. The summed E-state index contributed by atoms with van der Waals surface area (Å²) < 4.78 is 7.92. The summed E-state index contributed by atoms with van der Waals surface area (Å²) in [5.41, 5.74) is 14.3. The molecular weight excluding hydrogens is 628 g/mol. The van der Waals surface area contributed by atoms with E-state index in [-0.39, 0.29) is 6.10 Å². The largest absolute Gasteiger partial charge is 0.491 e. The molecule has 1 saturated heterocycles. The van der Waals surface area contributed by atoms with Crippen LogP contribution < -0.4 is 15.8 Å². The van der Waals surface area contributed by atoms with Crippen LogP contribution in [0.1, 0.15) is 42.7 Å². The van der Waals surface area contributed by atoms with Crippen LogP contribution in [0.4, 0.5) is 4.79 Å². The first-order valence-corrected chi connectivity index (χ1v) is 18.2. The monoisotopic (exact) mass is 672 g/mol. The van der Waals surface area contributed by atoms with Gasteiger partial charge in [0, 0.05) is 84.6 Å². The van der Waals surface area contributed by atoms with E-state index in [1.54, 1.807) is 4.90 Å². The number of hydrogen-bond donors (Lipinski definition) is 2. The molecule has 248 valence electrons. The maximum absolute atomic E-state index is 12.1. The number of primary amides is 1. The SMILES string of the molecule is CC(C)Oc1ccc(CNCc2ccc(-c3cc(-c4nn(CCCN5CCSCC5)c5c4CN(C(N)=O)CC5)ccc3Cl)cc2)cc1. The molecule has 0 saturated carbocycles. The van der Waals surface area contributed by atoms with Gasteiger partial charge in [0.05, 0.1) is 18.3 Å². The standard InChI is InChI=1S/C37H45ClN6O2S/c1-26(2)46-31-11-6-28(7-12-31)24-40-23-27-4-8-29(9-5-27)32-22-30(10-13-34(32)38)36-33-25-43(37(39)45)17-14-35(33)44(41-36)16-3-15-42-18-20-47-21-19-42/h4-13,22,26,40H,3,14-21,23-25H2,1-2H3,(H2,39,45). The minimum Gasteiger partial charge on any atom is -0.491 e. The van der Waals surface area contributed by atoms with Crippen molar-refractivity contribution in [2.24, 2.45) is 5.73 Å². The summed E-state index contributed by atoms with van der Waals surface area (Å²) in [6.45, 7) is 10.9. The first-order valence-electron chi connectivity index (χ1n) is 16.6. The van der Waals surface area contributed by atoms with Crippen molar-refractivity contribution < 1.29 is 9.53 Å². The number of benzene rings is 3. The molecule has 0 spiro atoms. The fourth-order valence-electron chi connectivity index (χ4n) is 6.37. The number of aryl methyl sites for hydroxylation is 1. The zero-order valence-electron chi connectivity index (χ0n) is 27.4. The summed E-state index contributed by atoms with van der Waals surface area (Å²) in [5.74, 6) is 3.32. The highest BCUT2D eigenvalue weighted by atomic mass is 35.5. The molecule has 2 amide bonds. The molecule has 3 heterocycles. The van der Waals surface area contributed by atoms with E-state index in [0.29, 0.717) is 18.1 Å². The Morgan fingerprint density at radius 1 is 0.957 bits per heavy atom. The van der Waals surface area contributed by atoms with Crippen molar-refractivity contribution in [1.82, 2.24) is 24.9 Å². The number of hydrogen-bond acceptors (Lipinski definition) is 6. The van der Waals surface area contributed by atoms with Crippen molar-refractivity contribution >= 4 is 29.4 Å². The van der Waals surface area contributed by atoms with Gasteiger partial charge in [-0.25, -0.2) is 4.79 Å². The Balaban J connectivity index is 1.15. The molecule has 4 aromatic rings. The molecule has 3 N–H and O–H groups in total. The van der Waals surface area contributed by atoms with Gasteiger partial charge in [-0.3, -0.25) is 4.68 Å². The summed E-state index contributed by atoms with van der Waals surface area (Å²) in [7, 11) is 0. The number of amides is 2. The Labute approximate surface area is 287 Å². The molecule has 0 aliphatic carbocycles. The van der Waals surface area contributed by atoms with Gasteiger partial charge in [-0.2, -0.15) is 16.9 Å². The van der Waals surface area contributed by atoms with Crippen LogP contribution in [0.15, 0.2) is 66.7 Å². The number of carbonyl (C=O) groups is 1. The zero-order chi connectivity index (χ0) is 32.8. The van der Waals surface area contributed by atoms with Gasteiger partial charge < -0.3 is 25.6 Å². The van der Waals surface area contributed by atoms with E-state index < -0.39 is 6.03 Å². The molecule has 1 fully saturated rings. The van der Waals surface area contributed by atoms with Crippen molar-refractivity contribution in [2.45, 2.75) is 59.0 Å². The van der Waals surface area contributed by atoms with Gasteiger partial charge in [-0.1, -0.05) is 54.1 Å². The molecular formula is C37H45ClN6O2S. The van der Waals surface area contributed by atoms with Crippen LogP contribution in [-0.4, -0.2) is 69.4 Å². The molecule has 0 unspecified atom stereocenters. The molecule has 6 rings (SSSR count). The van der Waals surface area contributed by atoms with Crippen molar-refractivity contribution in [3.63, 3.8) is 0 Å². The molecule has 0 bridgehead atoms. The normalized spacial score (nSPS) is 15.2. The minimum absolute atomic E-state index is 0.168. The van der Waals surface area contributed by atoms with Crippen LogP contribution in [0.2, 0.25) is 5.02 Å². The Kier molecular flexibility index (Phi) is 11.1. The van der Waals surface area contributed by atoms with E-state index in [1.807, 2.05) is 49.9 Å². The first kappa shape index (κ1) is 33.4. The van der Waals surface area contributed by atoms with Gasteiger partial charge in [-0.05, 0) is 67.8 Å². The molecule has 8 nitrogen and oxygen atoms in total. The van der Waals surface area contributed by atoms with Gasteiger partial charge in [0.25, 0.3) is 0 Å². The number of nitrogens with one attached hydrogen (secondary N) is 1. The molecule has 0 atom stereocenters. The quantitative estimate of drug-likeness (QED) is 0.172. The van der Waals surface area contributed by atoms with E-state index >= 15 is 0 Å². The van der Waals surface area contributed by atoms with Gasteiger partial charge in [0.15, 0.2) is 0 Å². The molecule has 0 radical (unpaired) electrons. The van der Waals surface area contributed by atoms with Crippen molar-refractivity contribution in [1.29, 1.82) is 0 Å². The average Bonchev–Trinajstić information content (AvgIpc) is 3.44. The van der Waals surface area contributed by atoms with Gasteiger partial charge >= 0.3 is 6.03 Å². The first-order chi connectivity index (χ1) is 22.8. The number of nitrogens with zero attached hydrogens (tertiary/aromatic N) is 4. The Bertz CT molecular complexity index is 1650. The lowest BCUT2D eigenvalue weighted by Crippen LogP contribution is -2.39. The van der Waals surface area contributed by atoms with Crippen molar-refractivity contribution in [2.75, 3.05) is 37.7 Å². The van der Waals surface area contributed by atoms with E-state index in [9.17, 15) is 4.79 Å². The fraction of sp³-hybridized carbons (Fsp3) is 0.405. The Morgan fingerprint density at radius 3 is 2.32 bits per heavy atom. The Hall–Kier alpha value is -3.50. The fourth-order valence-corrected chi connectivity index (χ4v) is 7.58. The lowest BCUT2D eigenvalue weighted by molar-refractivity contribution is 0.201. The number of aromatic nitrogens is 2. The molecule has 3 aromatic carbocycles. The predicted molar refractivity (Wildman–Crippen MR) is 193 cm³/mol. The van der Waals surface area contributed by atoms with E-state index in [1.165, 1.54) is 28.3 Å². The number of rotatable bonds is 12. The average molecular weight is 673 g/mol. The van der Waals surface area contributed by atoms with Crippen LogP contribution in [0.3, 0.4) is 0 Å². The second-order valence-electron chi connectivity index (χ2n) is 12.6. The summed E-state index contributed by atoms with van der Waals surface area (Å²) in [4.78, 5) is 16.4. The number of carbonyl (C=O) groups excluding carboxylic acids is 1. The number of halogens is 1. The molecule has 2 aliphatic heterocycles. The van der Waals surface area contributed by atoms with Crippen LogP contribution >= 0.6 is 23.4 Å². The third-order valence-corrected chi connectivity index (χ3v) is 10.1. The van der Waals surface area contributed by atoms with Crippen LogP contribution in [0.25, 0.3) is 22.4 Å². The summed E-state index contributed by atoms with van der Waals surface area (Å²) in [5, 5.41) is 9.38. The number of thioether (sulfide) groups is 1. The summed E-state index contributed by atoms with van der Waals surface area (Å²) >= 11 is 8.82. The van der Waals surface area contributed by atoms with Crippen LogP contribution in [-0.2, 0) is 32.6 Å². The molecule has 10 heteroatoms. The lowest BCUT2D eigenvalue weighted by Gasteiger charge is -2.27. The highest BCUT2D eigenvalue weighted by Crippen LogP contribution is 2.36. The van der Waals surface area contributed by atoms with Gasteiger partial charge in [0.2, 0.25) is 0 Å². The van der Waals surface area contributed by atoms with E-state index in [4.69, 9.17) is 27.2 Å². The van der Waals surface area contributed by atoms with Crippen LogP contribution in [0, 0.1) is 0 Å². The highest BCUT2D eigenvalue weighted by molar-refractivity contribution is 7.99. The minimum atomic E-state index is -0.391. The number of nitrogens with two attached hydrogens (primary N) is 1. The van der Waals surface area contributed by atoms with E-state index in [2.05, 4.69) is 57.4 Å². The van der Waals surface area contributed by atoms with Gasteiger partial charge in [-0.15, -0.1) is 0 Å². The number of ether oxygens (including phenoxy) is 1. The smallest absolute Gasteiger partial charge is 0.315 e. The highest BCUT2D eigenvalue weighted by Gasteiger charge is 2.27. The molecule has 47 heavy (non-hydrogen) atoms. The topological polar surface area (TPSA) is 88.7 Å². The summed E-state index contributed by atoms with van der Waals surface area (Å²) in [6.07, 6.45) is 1.96. The number of urea groups is 1. The van der Waals surface area contributed by atoms with Gasteiger partial charge in [0.1, 0.15) is 5.75 Å². The Morgan fingerprint density at radius 2 is 1.64 bits per heavy atom. The van der Waals surface area contributed by atoms with Crippen LogP contribution in [0.5, 0.6) is 5.75 Å². The second-order valence-corrected chi connectivity index (χ2v) is 14.3. The zero-order valence-corrected chi connectivity index (χ0v) is 29.0. The second kappa shape index (κ2) is 15.6. The third-order valence-electron chi connectivity index (χ3n) is 8.85. The third kappa shape index (κ3) is 8.51. The maximum atomic E-state index is 12.1. The predicted octanol–water partition coefficient (Wildman–Crippen LogP) is 6.82. The maximum Gasteiger partial charge on any atom is 0.315 e. The van der Waals surface area contributed by atoms with Crippen molar-refractivity contribution in [3.8, 4) is 28.1 Å².